The van der Waals surface area contributed by atoms with Gasteiger partial charge in [-0.15, -0.1) is 0 Å². The normalized spacial score (nSPS) is 19.3. The Kier molecular flexibility index (Phi) is 3.96. The Balaban J connectivity index is 2.33. The van der Waals surface area contributed by atoms with E-state index in [-0.39, 0.29) is 11.9 Å². The van der Waals surface area contributed by atoms with Crippen LogP contribution < -0.4 is 11.5 Å². The standard InChI is InChI=1S/C10H18N2O/c11-9(6-7-10(12)13)8-4-2-1-3-5-8/h4,9H,1-3,5-7,11H2,(H2,12,13). The predicted molar refractivity (Wildman–Crippen MR) is 53.0 cm³/mol. The van der Waals surface area contributed by atoms with E-state index in [4.69, 9.17) is 11.5 Å². The molecule has 3 heteroatoms. The van der Waals surface area contributed by atoms with E-state index in [9.17, 15) is 4.79 Å². The van der Waals surface area contributed by atoms with Gasteiger partial charge in [0, 0.05) is 12.5 Å². The van der Waals surface area contributed by atoms with Crippen molar-refractivity contribution in [2.24, 2.45) is 11.5 Å². The van der Waals surface area contributed by atoms with Crippen LogP contribution in [0.2, 0.25) is 0 Å². The van der Waals surface area contributed by atoms with Gasteiger partial charge in [-0.3, -0.25) is 4.79 Å². The van der Waals surface area contributed by atoms with Gasteiger partial charge in [-0.2, -0.15) is 0 Å². The van der Waals surface area contributed by atoms with Crippen molar-refractivity contribution in [3.8, 4) is 0 Å². The van der Waals surface area contributed by atoms with E-state index in [0.29, 0.717) is 12.8 Å². The molecule has 0 saturated carbocycles. The second-order valence-corrected chi connectivity index (χ2v) is 3.64. The number of carbonyl (C=O) groups is 1. The summed E-state index contributed by atoms with van der Waals surface area (Å²) in [4.78, 5) is 10.5. The van der Waals surface area contributed by atoms with Gasteiger partial charge in [-0.25, -0.2) is 0 Å². The van der Waals surface area contributed by atoms with Gasteiger partial charge >= 0.3 is 0 Å². The van der Waals surface area contributed by atoms with Gasteiger partial charge in [0.05, 0.1) is 0 Å². The summed E-state index contributed by atoms with van der Waals surface area (Å²) >= 11 is 0. The van der Waals surface area contributed by atoms with Crippen LogP contribution in [0.1, 0.15) is 38.5 Å². The van der Waals surface area contributed by atoms with Crippen molar-refractivity contribution in [2.75, 3.05) is 0 Å². The lowest BCUT2D eigenvalue weighted by Crippen LogP contribution is -2.26. The molecule has 0 fully saturated rings. The number of amides is 1. The number of rotatable bonds is 4. The fraction of sp³-hybridized carbons (Fsp3) is 0.700. The lowest BCUT2D eigenvalue weighted by Gasteiger charge is -2.18. The number of hydrogen-bond donors (Lipinski definition) is 2. The zero-order valence-electron chi connectivity index (χ0n) is 7.96. The first-order chi connectivity index (χ1) is 6.20. The van der Waals surface area contributed by atoms with E-state index in [2.05, 4.69) is 6.08 Å². The van der Waals surface area contributed by atoms with Crippen LogP contribution in [0.4, 0.5) is 0 Å². The van der Waals surface area contributed by atoms with Crippen molar-refractivity contribution in [3.63, 3.8) is 0 Å². The summed E-state index contributed by atoms with van der Waals surface area (Å²) in [5.74, 6) is -0.258. The molecule has 0 aromatic heterocycles. The number of hydrogen-bond acceptors (Lipinski definition) is 2. The van der Waals surface area contributed by atoms with Crippen LogP contribution in [0, 0.1) is 0 Å². The highest BCUT2D eigenvalue weighted by Crippen LogP contribution is 2.21. The largest absolute Gasteiger partial charge is 0.370 e. The van der Waals surface area contributed by atoms with E-state index in [1.54, 1.807) is 0 Å². The Morgan fingerprint density at radius 2 is 2.31 bits per heavy atom. The topological polar surface area (TPSA) is 69.1 Å². The summed E-state index contributed by atoms with van der Waals surface area (Å²) in [5.41, 5.74) is 12.3. The quantitative estimate of drug-likeness (QED) is 0.639. The molecule has 4 N–H and O–H groups in total. The Morgan fingerprint density at radius 3 is 2.85 bits per heavy atom. The number of nitrogens with two attached hydrogens (primary N) is 2. The van der Waals surface area contributed by atoms with Gasteiger partial charge in [0.15, 0.2) is 0 Å². The molecule has 0 aliphatic heterocycles. The van der Waals surface area contributed by atoms with Crippen molar-refractivity contribution in [2.45, 2.75) is 44.6 Å². The number of carbonyl (C=O) groups excluding carboxylic acids is 1. The van der Waals surface area contributed by atoms with Crippen LogP contribution in [0.25, 0.3) is 0 Å². The number of primary amides is 1. The average molecular weight is 182 g/mol. The highest BCUT2D eigenvalue weighted by molar-refractivity contribution is 5.73. The average Bonchev–Trinajstić information content (AvgIpc) is 2.15. The molecule has 74 valence electrons. The van der Waals surface area contributed by atoms with E-state index in [1.807, 2.05) is 0 Å². The Morgan fingerprint density at radius 1 is 1.54 bits per heavy atom. The Labute approximate surface area is 79.2 Å². The summed E-state index contributed by atoms with van der Waals surface area (Å²) in [6, 6.07) is 0.0489. The fourth-order valence-corrected chi connectivity index (χ4v) is 1.68. The van der Waals surface area contributed by atoms with Gasteiger partial charge < -0.3 is 11.5 Å². The van der Waals surface area contributed by atoms with E-state index < -0.39 is 0 Å². The first-order valence-corrected chi connectivity index (χ1v) is 4.93. The molecule has 1 unspecified atom stereocenters. The van der Waals surface area contributed by atoms with Crippen molar-refractivity contribution in [1.29, 1.82) is 0 Å². The van der Waals surface area contributed by atoms with E-state index >= 15 is 0 Å². The van der Waals surface area contributed by atoms with Crippen LogP contribution in [-0.4, -0.2) is 11.9 Å². The first-order valence-electron chi connectivity index (χ1n) is 4.93. The Hall–Kier alpha value is -0.830. The molecule has 1 aliphatic rings. The van der Waals surface area contributed by atoms with Gasteiger partial charge in [0.2, 0.25) is 5.91 Å². The summed E-state index contributed by atoms with van der Waals surface area (Å²) in [6.45, 7) is 0. The summed E-state index contributed by atoms with van der Waals surface area (Å²) in [6.07, 6.45) is 8.05. The maximum absolute atomic E-state index is 10.5. The molecule has 0 aromatic carbocycles. The lowest BCUT2D eigenvalue weighted by molar-refractivity contribution is -0.118. The molecule has 0 aromatic rings. The van der Waals surface area contributed by atoms with E-state index in [1.165, 1.54) is 18.4 Å². The molecular weight excluding hydrogens is 164 g/mol. The summed E-state index contributed by atoms with van der Waals surface area (Å²) in [5, 5.41) is 0. The van der Waals surface area contributed by atoms with Gasteiger partial charge in [-0.1, -0.05) is 11.6 Å². The van der Waals surface area contributed by atoms with Crippen molar-refractivity contribution >= 4 is 5.91 Å². The molecule has 0 saturated heterocycles. The third-order valence-corrected chi connectivity index (χ3v) is 2.50. The molecule has 1 aliphatic carbocycles. The van der Waals surface area contributed by atoms with Crippen LogP contribution in [-0.2, 0) is 4.79 Å². The molecule has 1 amide bonds. The van der Waals surface area contributed by atoms with Gasteiger partial charge in [0.1, 0.15) is 0 Å². The lowest BCUT2D eigenvalue weighted by atomic mass is 9.92. The van der Waals surface area contributed by atoms with Crippen LogP contribution >= 0.6 is 0 Å². The molecule has 0 bridgehead atoms. The first kappa shape index (κ1) is 10.3. The molecule has 1 atom stereocenters. The molecule has 1 rings (SSSR count). The molecular formula is C10H18N2O. The fourth-order valence-electron chi connectivity index (χ4n) is 1.68. The zero-order chi connectivity index (χ0) is 9.68. The minimum atomic E-state index is -0.258. The van der Waals surface area contributed by atoms with Crippen LogP contribution in [0.5, 0.6) is 0 Å². The van der Waals surface area contributed by atoms with Gasteiger partial charge in [0.25, 0.3) is 0 Å². The van der Waals surface area contributed by atoms with E-state index in [0.717, 1.165) is 12.8 Å². The molecule has 0 spiro atoms. The molecule has 0 heterocycles. The van der Waals surface area contributed by atoms with Gasteiger partial charge in [-0.05, 0) is 32.1 Å². The minimum Gasteiger partial charge on any atom is -0.370 e. The highest BCUT2D eigenvalue weighted by atomic mass is 16.1. The molecule has 0 radical (unpaired) electrons. The maximum Gasteiger partial charge on any atom is 0.217 e. The monoisotopic (exact) mass is 182 g/mol. The van der Waals surface area contributed by atoms with Crippen molar-refractivity contribution in [3.05, 3.63) is 11.6 Å². The predicted octanol–water partition coefficient (Wildman–Crippen LogP) is 1.08. The van der Waals surface area contributed by atoms with Crippen LogP contribution in [0.15, 0.2) is 11.6 Å². The Bertz CT molecular complexity index is 211. The van der Waals surface area contributed by atoms with Crippen LogP contribution in [0.3, 0.4) is 0 Å². The second-order valence-electron chi connectivity index (χ2n) is 3.64. The van der Waals surface area contributed by atoms with Crippen molar-refractivity contribution in [1.82, 2.24) is 0 Å². The SMILES string of the molecule is NC(=O)CCC(N)C1=CCCCC1. The third kappa shape index (κ3) is 3.59. The summed E-state index contributed by atoms with van der Waals surface area (Å²) < 4.78 is 0. The zero-order valence-corrected chi connectivity index (χ0v) is 7.96. The highest BCUT2D eigenvalue weighted by Gasteiger charge is 2.12. The van der Waals surface area contributed by atoms with Crippen molar-refractivity contribution < 1.29 is 4.79 Å². The number of allylic oxidation sites excluding steroid dienone is 1. The minimum absolute atomic E-state index is 0.0489. The summed E-state index contributed by atoms with van der Waals surface area (Å²) in [7, 11) is 0. The third-order valence-electron chi connectivity index (χ3n) is 2.50. The molecule has 13 heavy (non-hydrogen) atoms. The molecule has 3 nitrogen and oxygen atoms in total. The smallest absolute Gasteiger partial charge is 0.217 e. The maximum atomic E-state index is 10.5. The second kappa shape index (κ2) is 5.02.